The topological polar surface area (TPSA) is 49.8 Å². The van der Waals surface area contributed by atoms with Crippen molar-refractivity contribution in [2.45, 2.75) is 13.3 Å². The van der Waals surface area contributed by atoms with Crippen LogP contribution in [0.4, 0.5) is 5.69 Å². The van der Waals surface area contributed by atoms with Crippen LogP contribution in [-0.4, -0.2) is 37.2 Å². The minimum absolute atomic E-state index is 0.0550. The average Bonchev–Trinajstić information content (AvgIpc) is 2.32. The molecule has 17 heavy (non-hydrogen) atoms. The molecule has 1 aromatic carbocycles. The van der Waals surface area contributed by atoms with Crippen LogP contribution in [-0.2, 0) is 16.0 Å². The number of nitrogens with zero attached hydrogens (tertiary/aromatic N) is 1. The number of phenols is 1. The first kappa shape index (κ1) is 11.9. The van der Waals surface area contributed by atoms with Crippen LogP contribution in [0.5, 0.6) is 5.75 Å². The lowest BCUT2D eigenvalue weighted by Crippen LogP contribution is -2.36. The Kier molecular flexibility index (Phi) is 3.64. The van der Waals surface area contributed by atoms with Crippen molar-refractivity contribution in [2.24, 2.45) is 0 Å². The number of ketones is 1. The van der Waals surface area contributed by atoms with E-state index in [1.165, 1.54) is 6.92 Å². The van der Waals surface area contributed by atoms with Crippen molar-refractivity contribution in [2.75, 3.05) is 31.2 Å². The Balaban J connectivity index is 2.20. The van der Waals surface area contributed by atoms with Crippen LogP contribution in [0.15, 0.2) is 18.2 Å². The van der Waals surface area contributed by atoms with E-state index in [-0.39, 0.29) is 18.0 Å². The maximum absolute atomic E-state index is 11.1. The van der Waals surface area contributed by atoms with Crippen molar-refractivity contribution in [3.05, 3.63) is 23.8 Å². The molecular formula is C13H17NO3. The first-order chi connectivity index (χ1) is 8.16. The van der Waals surface area contributed by atoms with Gasteiger partial charge in [0.05, 0.1) is 13.2 Å². The van der Waals surface area contributed by atoms with Gasteiger partial charge in [0, 0.05) is 30.8 Å². The van der Waals surface area contributed by atoms with Gasteiger partial charge in [0.25, 0.3) is 0 Å². The Morgan fingerprint density at radius 2 is 2.12 bits per heavy atom. The molecule has 2 rings (SSSR count). The molecule has 1 aliphatic heterocycles. The largest absolute Gasteiger partial charge is 0.508 e. The fourth-order valence-corrected chi connectivity index (χ4v) is 2.00. The van der Waals surface area contributed by atoms with E-state index in [1.54, 1.807) is 6.07 Å². The van der Waals surface area contributed by atoms with Gasteiger partial charge in [0.2, 0.25) is 0 Å². The molecule has 0 aromatic heterocycles. The van der Waals surface area contributed by atoms with Crippen LogP contribution in [0, 0.1) is 0 Å². The lowest BCUT2D eigenvalue weighted by molar-refractivity contribution is -0.116. The average molecular weight is 235 g/mol. The normalized spacial score (nSPS) is 15.9. The number of rotatable bonds is 3. The van der Waals surface area contributed by atoms with Crippen LogP contribution >= 0.6 is 0 Å². The summed E-state index contributed by atoms with van der Waals surface area (Å²) in [5.74, 6) is 0.247. The first-order valence-corrected chi connectivity index (χ1v) is 5.81. The summed E-state index contributed by atoms with van der Waals surface area (Å²) in [6.45, 7) is 4.68. The number of carbonyl (C=O) groups is 1. The highest BCUT2D eigenvalue weighted by molar-refractivity contribution is 5.79. The Hall–Kier alpha value is -1.55. The fourth-order valence-electron chi connectivity index (χ4n) is 2.00. The van der Waals surface area contributed by atoms with Gasteiger partial charge < -0.3 is 14.7 Å². The van der Waals surface area contributed by atoms with Crippen molar-refractivity contribution in [3.63, 3.8) is 0 Å². The Morgan fingerprint density at radius 1 is 1.41 bits per heavy atom. The summed E-state index contributed by atoms with van der Waals surface area (Å²) >= 11 is 0. The lowest BCUT2D eigenvalue weighted by atomic mass is 10.1. The number of hydrogen-bond donors (Lipinski definition) is 1. The first-order valence-electron chi connectivity index (χ1n) is 5.81. The van der Waals surface area contributed by atoms with Crippen LogP contribution < -0.4 is 4.90 Å². The van der Waals surface area contributed by atoms with Gasteiger partial charge in [0.1, 0.15) is 11.5 Å². The van der Waals surface area contributed by atoms with Crippen molar-refractivity contribution < 1.29 is 14.6 Å². The predicted molar refractivity (Wildman–Crippen MR) is 65.5 cm³/mol. The van der Waals surface area contributed by atoms with E-state index in [0.717, 1.165) is 32.0 Å². The zero-order valence-corrected chi connectivity index (χ0v) is 9.98. The maximum Gasteiger partial charge on any atom is 0.134 e. The van der Waals surface area contributed by atoms with Crippen LogP contribution in [0.1, 0.15) is 12.5 Å². The summed E-state index contributed by atoms with van der Waals surface area (Å²) in [6, 6.07) is 5.43. The third-order valence-electron chi connectivity index (χ3n) is 2.88. The van der Waals surface area contributed by atoms with Crippen molar-refractivity contribution in [3.8, 4) is 5.75 Å². The number of ether oxygens (including phenoxy) is 1. The molecule has 1 fully saturated rings. The number of benzene rings is 1. The van der Waals surface area contributed by atoms with E-state index >= 15 is 0 Å². The minimum Gasteiger partial charge on any atom is -0.508 e. The van der Waals surface area contributed by atoms with Gasteiger partial charge in [0.15, 0.2) is 0 Å². The van der Waals surface area contributed by atoms with Gasteiger partial charge in [-0.05, 0) is 25.1 Å². The van der Waals surface area contributed by atoms with E-state index in [4.69, 9.17) is 4.74 Å². The zero-order valence-electron chi connectivity index (χ0n) is 9.98. The number of aromatic hydroxyl groups is 1. The molecule has 4 heteroatoms. The van der Waals surface area contributed by atoms with E-state index in [2.05, 4.69) is 4.90 Å². The van der Waals surface area contributed by atoms with Crippen molar-refractivity contribution >= 4 is 11.5 Å². The predicted octanol–water partition coefficient (Wildman–Crippen LogP) is 1.36. The molecule has 1 aliphatic rings. The third kappa shape index (κ3) is 2.97. The van der Waals surface area contributed by atoms with E-state index < -0.39 is 0 Å². The zero-order chi connectivity index (χ0) is 12.3. The van der Waals surface area contributed by atoms with Gasteiger partial charge in [-0.2, -0.15) is 0 Å². The molecule has 0 unspecified atom stereocenters. The molecule has 4 nitrogen and oxygen atoms in total. The highest BCUT2D eigenvalue weighted by atomic mass is 16.5. The second-order valence-electron chi connectivity index (χ2n) is 4.29. The summed E-state index contributed by atoms with van der Waals surface area (Å²) in [7, 11) is 0. The van der Waals surface area contributed by atoms with Gasteiger partial charge >= 0.3 is 0 Å². The molecule has 1 saturated heterocycles. The molecule has 0 atom stereocenters. The molecular weight excluding hydrogens is 218 g/mol. The summed E-state index contributed by atoms with van der Waals surface area (Å²) in [4.78, 5) is 13.3. The number of carbonyl (C=O) groups excluding carboxylic acids is 1. The number of morpholine rings is 1. The maximum atomic E-state index is 11.1. The lowest BCUT2D eigenvalue weighted by Gasteiger charge is -2.29. The summed E-state index contributed by atoms with van der Waals surface area (Å²) in [5, 5.41) is 9.69. The fraction of sp³-hybridized carbons (Fsp3) is 0.462. The molecule has 1 aromatic rings. The summed E-state index contributed by atoms with van der Waals surface area (Å²) in [5.41, 5.74) is 1.74. The smallest absolute Gasteiger partial charge is 0.134 e. The molecule has 1 heterocycles. The summed E-state index contributed by atoms with van der Waals surface area (Å²) in [6.07, 6.45) is 0.282. The highest BCUT2D eigenvalue weighted by Crippen LogP contribution is 2.25. The number of Topliss-reactive ketones (excluding diaryl/α,β-unsaturated/α-hetero) is 1. The Morgan fingerprint density at radius 3 is 2.76 bits per heavy atom. The van der Waals surface area contributed by atoms with Crippen LogP contribution in [0.25, 0.3) is 0 Å². The number of hydrogen-bond acceptors (Lipinski definition) is 4. The highest BCUT2D eigenvalue weighted by Gasteiger charge is 2.13. The van der Waals surface area contributed by atoms with E-state index in [1.807, 2.05) is 12.1 Å². The molecule has 0 amide bonds. The second kappa shape index (κ2) is 5.19. The second-order valence-corrected chi connectivity index (χ2v) is 4.29. The monoisotopic (exact) mass is 235 g/mol. The molecule has 92 valence electrons. The van der Waals surface area contributed by atoms with Gasteiger partial charge in [-0.3, -0.25) is 4.79 Å². The van der Waals surface area contributed by atoms with Gasteiger partial charge in [-0.1, -0.05) is 0 Å². The van der Waals surface area contributed by atoms with Crippen LogP contribution in [0.3, 0.4) is 0 Å². The number of anilines is 1. The molecule has 1 N–H and O–H groups in total. The minimum atomic E-state index is 0.0550. The van der Waals surface area contributed by atoms with E-state index in [9.17, 15) is 9.90 Å². The number of phenolic OH excluding ortho intramolecular Hbond substituents is 1. The molecule has 0 radical (unpaired) electrons. The van der Waals surface area contributed by atoms with Gasteiger partial charge in [-0.25, -0.2) is 0 Å². The van der Waals surface area contributed by atoms with Crippen molar-refractivity contribution in [1.29, 1.82) is 0 Å². The Labute approximate surface area is 101 Å². The quantitative estimate of drug-likeness (QED) is 0.859. The molecule has 0 saturated carbocycles. The SMILES string of the molecule is CC(=O)Cc1cc(N2CCOCC2)ccc1O. The molecule has 0 bridgehead atoms. The molecule has 0 spiro atoms. The standard InChI is InChI=1S/C13H17NO3/c1-10(15)8-11-9-12(2-3-13(11)16)14-4-6-17-7-5-14/h2-3,9,16H,4-8H2,1H3. The molecule has 0 aliphatic carbocycles. The van der Waals surface area contributed by atoms with Crippen LogP contribution in [0.2, 0.25) is 0 Å². The van der Waals surface area contributed by atoms with Gasteiger partial charge in [-0.15, -0.1) is 0 Å². The third-order valence-corrected chi connectivity index (χ3v) is 2.88. The van der Waals surface area contributed by atoms with Crippen molar-refractivity contribution in [1.82, 2.24) is 0 Å². The Bertz CT molecular complexity index is 411. The van der Waals surface area contributed by atoms with E-state index in [0.29, 0.717) is 5.56 Å². The summed E-state index contributed by atoms with van der Waals surface area (Å²) < 4.78 is 5.29.